The number of nitrogens with one attached hydrogen (secondary N) is 2. The van der Waals surface area contributed by atoms with Crippen molar-refractivity contribution in [3.63, 3.8) is 0 Å². The SMILES string of the molecule is CNc1ncnc2cc(OC)c(NC(=O)C3CCCN3C(=O)OC(C)(C)C)cc12. The van der Waals surface area contributed by atoms with Crippen LogP contribution in [-0.2, 0) is 9.53 Å². The van der Waals surface area contributed by atoms with Crippen LogP contribution in [0, 0.1) is 0 Å². The Hall–Kier alpha value is -3.10. The zero-order valence-corrected chi connectivity index (χ0v) is 17.4. The standard InChI is InChI=1S/C20H27N5O4/c1-20(2,3)29-19(27)25-8-6-7-15(25)18(26)24-14-9-12-13(10-16(14)28-5)22-11-23-17(12)21-4/h9-11,15H,6-8H2,1-5H3,(H,24,26)(H,21,22,23). The minimum atomic E-state index is -0.619. The number of likely N-dealkylation sites (tertiary alicyclic amines) is 1. The summed E-state index contributed by atoms with van der Waals surface area (Å²) in [5, 5.41) is 6.66. The number of carbonyl (C=O) groups excluding carboxylic acids is 2. The van der Waals surface area contributed by atoms with Crippen LogP contribution in [0.25, 0.3) is 10.9 Å². The Kier molecular flexibility index (Phi) is 5.76. The van der Waals surface area contributed by atoms with Gasteiger partial charge in [-0.05, 0) is 39.7 Å². The summed E-state index contributed by atoms with van der Waals surface area (Å²) in [5.74, 6) is 0.840. The smallest absolute Gasteiger partial charge is 0.410 e. The topological polar surface area (TPSA) is 106 Å². The van der Waals surface area contributed by atoms with Crippen molar-refractivity contribution in [2.75, 3.05) is 31.3 Å². The van der Waals surface area contributed by atoms with Crippen LogP contribution in [0.4, 0.5) is 16.3 Å². The van der Waals surface area contributed by atoms with Crippen molar-refractivity contribution in [1.29, 1.82) is 0 Å². The first kappa shape index (κ1) is 20.6. The number of nitrogens with zero attached hydrogens (tertiary/aromatic N) is 3. The van der Waals surface area contributed by atoms with E-state index in [0.29, 0.717) is 35.7 Å². The maximum absolute atomic E-state index is 13.0. The highest BCUT2D eigenvalue weighted by atomic mass is 16.6. The van der Waals surface area contributed by atoms with Crippen LogP contribution < -0.4 is 15.4 Å². The Morgan fingerprint density at radius 3 is 2.66 bits per heavy atom. The second kappa shape index (κ2) is 8.10. The molecule has 1 aliphatic rings. The molecule has 0 saturated carbocycles. The van der Waals surface area contributed by atoms with Crippen molar-refractivity contribution in [3.05, 3.63) is 18.5 Å². The maximum Gasteiger partial charge on any atom is 0.410 e. The molecule has 2 aromatic rings. The summed E-state index contributed by atoms with van der Waals surface area (Å²) >= 11 is 0. The van der Waals surface area contributed by atoms with Gasteiger partial charge < -0.3 is 20.1 Å². The van der Waals surface area contributed by atoms with E-state index in [-0.39, 0.29) is 5.91 Å². The van der Waals surface area contributed by atoms with E-state index in [0.717, 1.165) is 11.8 Å². The molecule has 2 heterocycles. The molecular formula is C20H27N5O4. The van der Waals surface area contributed by atoms with Gasteiger partial charge in [0.1, 0.15) is 29.5 Å². The first-order chi connectivity index (χ1) is 13.7. The third-order valence-corrected chi connectivity index (χ3v) is 4.63. The molecule has 1 atom stereocenters. The fourth-order valence-electron chi connectivity index (χ4n) is 3.34. The molecule has 156 valence electrons. The third-order valence-electron chi connectivity index (χ3n) is 4.63. The van der Waals surface area contributed by atoms with Crippen molar-refractivity contribution in [1.82, 2.24) is 14.9 Å². The van der Waals surface area contributed by atoms with Crippen molar-refractivity contribution >= 4 is 34.4 Å². The van der Waals surface area contributed by atoms with E-state index in [2.05, 4.69) is 20.6 Å². The largest absolute Gasteiger partial charge is 0.494 e. The number of benzene rings is 1. The summed E-state index contributed by atoms with van der Waals surface area (Å²) in [6.07, 6.45) is 2.30. The zero-order chi connectivity index (χ0) is 21.2. The first-order valence-electron chi connectivity index (χ1n) is 9.54. The molecule has 2 N–H and O–H groups in total. The lowest BCUT2D eigenvalue weighted by molar-refractivity contribution is -0.120. The highest BCUT2D eigenvalue weighted by Crippen LogP contribution is 2.33. The van der Waals surface area contributed by atoms with Gasteiger partial charge in [-0.15, -0.1) is 0 Å². The Balaban J connectivity index is 1.86. The lowest BCUT2D eigenvalue weighted by Crippen LogP contribution is -2.45. The molecule has 1 unspecified atom stereocenters. The fourth-order valence-corrected chi connectivity index (χ4v) is 3.34. The van der Waals surface area contributed by atoms with Crippen LogP contribution in [0.3, 0.4) is 0 Å². The molecule has 2 amide bonds. The Morgan fingerprint density at radius 1 is 1.24 bits per heavy atom. The van der Waals surface area contributed by atoms with Crippen LogP contribution in [0.1, 0.15) is 33.6 Å². The predicted molar refractivity (Wildman–Crippen MR) is 110 cm³/mol. The van der Waals surface area contributed by atoms with Gasteiger partial charge in [-0.25, -0.2) is 14.8 Å². The molecule has 3 rings (SSSR count). The van der Waals surface area contributed by atoms with Gasteiger partial charge in [0.25, 0.3) is 0 Å². The minimum Gasteiger partial charge on any atom is -0.494 e. The summed E-state index contributed by atoms with van der Waals surface area (Å²) in [6.45, 7) is 5.89. The van der Waals surface area contributed by atoms with Crippen LogP contribution >= 0.6 is 0 Å². The molecule has 9 heteroatoms. The number of methoxy groups -OCH3 is 1. The highest BCUT2D eigenvalue weighted by Gasteiger charge is 2.36. The summed E-state index contributed by atoms with van der Waals surface area (Å²) in [6, 6.07) is 2.92. The van der Waals surface area contributed by atoms with E-state index >= 15 is 0 Å². The second-order valence-corrected chi connectivity index (χ2v) is 7.86. The molecule has 1 fully saturated rings. The number of rotatable bonds is 4. The summed E-state index contributed by atoms with van der Waals surface area (Å²) in [7, 11) is 3.29. The lowest BCUT2D eigenvalue weighted by atomic mass is 10.1. The molecule has 1 saturated heterocycles. The zero-order valence-electron chi connectivity index (χ0n) is 17.4. The third kappa shape index (κ3) is 4.49. The molecule has 1 aromatic heterocycles. The number of anilines is 2. The number of carbonyl (C=O) groups is 2. The van der Waals surface area contributed by atoms with Gasteiger partial charge in [0.05, 0.1) is 18.3 Å². The number of hydrogen-bond donors (Lipinski definition) is 2. The number of fused-ring (bicyclic) bond motifs is 1. The number of amides is 2. The molecule has 1 aromatic carbocycles. The van der Waals surface area contributed by atoms with E-state index in [1.54, 1.807) is 40.0 Å². The average molecular weight is 401 g/mol. The van der Waals surface area contributed by atoms with Crippen molar-refractivity contribution in [3.8, 4) is 5.75 Å². The van der Waals surface area contributed by atoms with Gasteiger partial charge >= 0.3 is 6.09 Å². The number of ether oxygens (including phenoxy) is 2. The van der Waals surface area contributed by atoms with Gasteiger partial charge in [0, 0.05) is 25.0 Å². The van der Waals surface area contributed by atoms with Crippen molar-refractivity contribution < 1.29 is 19.1 Å². The minimum absolute atomic E-state index is 0.283. The van der Waals surface area contributed by atoms with Gasteiger partial charge in [-0.3, -0.25) is 9.69 Å². The quantitative estimate of drug-likeness (QED) is 0.811. The van der Waals surface area contributed by atoms with E-state index in [1.165, 1.54) is 18.3 Å². The normalized spacial score (nSPS) is 16.6. The maximum atomic E-state index is 13.0. The van der Waals surface area contributed by atoms with E-state index < -0.39 is 17.7 Å². The molecular weight excluding hydrogens is 374 g/mol. The van der Waals surface area contributed by atoms with Crippen molar-refractivity contribution in [2.24, 2.45) is 0 Å². The molecule has 9 nitrogen and oxygen atoms in total. The number of aromatic nitrogens is 2. The van der Waals surface area contributed by atoms with Crippen LogP contribution in [0.2, 0.25) is 0 Å². The molecule has 0 aliphatic carbocycles. The van der Waals surface area contributed by atoms with Crippen LogP contribution in [0.5, 0.6) is 5.75 Å². The Morgan fingerprint density at radius 2 is 2.00 bits per heavy atom. The molecule has 0 spiro atoms. The second-order valence-electron chi connectivity index (χ2n) is 7.86. The van der Waals surface area contributed by atoms with Gasteiger partial charge in [0.2, 0.25) is 5.91 Å². The molecule has 29 heavy (non-hydrogen) atoms. The van der Waals surface area contributed by atoms with Gasteiger partial charge in [-0.1, -0.05) is 0 Å². The van der Waals surface area contributed by atoms with E-state index in [9.17, 15) is 9.59 Å². The monoisotopic (exact) mass is 401 g/mol. The van der Waals surface area contributed by atoms with Crippen LogP contribution in [-0.4, -0.2) is 59.2 Å². The summed E-state index contributed by atoms with van der Waals surface area (Å²) in [5.41, 5.74) is 0.564. The Bertz CT molecular complexity index is 925. The average Bonchev–Trinajstić information content (AvgIpc) is 3.16. The lowest BCUT2D eigenvalue weighted by Gasteiger charge is -2.28. The number of hydrogen-bond acceptors (Lipinski definition) is 7. The molecule has 1 aliphatic heterocycles. The summed E-state index contributed by atoms with van der Waals surface area (Å²) in [4.78, 5) is 35.4. The van der Waals surface area contributed by atoms with Crippen molar-refractivity contribution in [2.45, 2.75) is 45.3 Å². The summed E-state index contributed by atoms with van der Waals surface area (Å²) < 4.78 is 10.9. The van der Waals surface area contributed by atoms with Crippen LogP contribution in [0.15, 0.2) is 18.5 Å². The van der Waals surface area contributed by atoms with Gasteiger partial charge in [0.15, 0.2) is 0 Å². The highest BCUT2D eigenvalue weighted by molar-refractivity contribution is 6.01. The van der Waals surface area contributed by atoms with Gasteiger partial charge in [-0.2, -0.15) is 0 Å². The fraction of sp³-hybridized carbons (Fsp3) is 0.500. The molecule has 0 bridgehead atoms. The first-order valence-corrected chi connectivity index (χ1v) is 9.54. The Labute approximate surface area is 169 Å². The molecule has 0 radical (unpaired) electrons. The van der Waals surface area contributed by atoms with E-state index in [1.807, 2.05) is 0 Å². The predicted octanol–water partition coefficient (Wildman–Crippen LogP) is 3.02. The van der Waals surface area contributed by atoms with E-state index in [4.69, 9.17) is 9.47 Å².